The monoisotopic (exact) mass is 398 g/mol. The lowest BCUT2D eigenvalue weighted by Gasteiger charge is -2.17. The van der Waals surface area contributed by atoms with Crippen LogP contribution in [0.15, 0.2) is 48.7 Å². The summed E-state index contributed by atoms with van der Waals surface area (Å²) < 4.78 is 0. The fraction of sp³-hybridized carbons (Fsp3) is 0.280. The van der Waals surface area contributed by atoms with Gasteiger partial charge in [-0.1, -0.05) is 30.3 Å². The van der Waals surface area contributed by atoms with Crippen molar-refractivity contribution in [1.29, 1.82) is 0 Å². The van der Waals surface area contributed by atoms with Crippen LogP contribution >= 0.6 is 0 Å². The second-order valence-electron chi connectivity index (χ2n) is 8.13. The van der Waals surface area contributed by atoms with Crippen molar-refractivity contribution >= 4 is 28.6 Å². The van der Waals surface area contributed by atoms with Gasteiger partial charge in [-0.25, -0.2) is 4.98 Å². The van der Waals surface area contributed by atoms with E-state index in [1.165, 1.54) is 27.5 Å². The van der Waals surface area contributed by atoms with Gasteiger partial charge in [0.1, 0.15) is 5.82 Å². The molecule has 0 unspecified atom stereocenters. The molecular weight excluding hydrogens is 372 g/mol. The number of hydrogen-bond acceptors (Lipinski definition) is 4. The van der Waals surface area contributed by atoms with E-state index in [0.29, 0.717) is 6.54 Å². The Morgan fingerprint density at radius 1 is 1.13 bits per heavy atom. The Morgan fingerprint density at radius 2 is 2.00 bits per heavy atom. The van der Waals surface area contributed by atoms with E-state index in [1.54, 1.807) is 11.0 Å². The average Bonchev–Trinajstić information content (AvgIpc) is 3.04. The van der Waals surface area contributed by atoms with Crippen LogP contribution in [0.1, 0.15) is 27.8 Å². The Balaban J connectivity index is 1.32. The van der Waals surface area contributed by atoms with Gasteiger partial charge >= 0.3 is 0 Å². The molecule has 1 amide bonds. The molecule has 2 N–H and O–H groups in total. The molecular formula is C25H26N4O. The number of pyridine rings is 1. The van der Waals surface area contributed by atoms with E-state index >= 15 is 0 Å². The van der Waals surface area contributed by atoms with Crippen LogP contribution in [0.4, 0.5) is 5.82 Å². The van der Waals surface area contributed by atoms with Gasteiger partial charge in [-0.15, -0.1) is 0 Å². The molecule has 30 heavy (non-hydrogen) atoms. The molecule has 0 radical (unpaired) electrons. The molecule has 0 saturated heterocycles. The van der Waals surface area contributed by atoms with Crippen LogP contribution in [-0.2, 0) is 30.7 Å². The Hall–Kier alpha value is -3.18. The predicted octanol–water partition coefficient (Wildman–Crippen LogP) is 3.52. The van der Waals surface area contributed by atoms with Gasteiger partial charge in [0, 0.05) is 51.1 Å². The average molecular weight is 399 g/mol. The fourth-order valence-electron chi connectivity index (χ4n) is 4.48. The van der Waals surface area contributed by atoms with Gasteiger partial charge in [0.05, 0.1) is 0 Å². The van der Waals surface area contributed by atoms with E-state index in [4.69, 9.17) is 0 Å². The largest absolute Gasteiger partial charge is 0.369 e. The van der Waals surface area contributed by atoms with Crippen molar-refractivity contribution in [3.05, 3.63) is 76.5 Å². The molecule has 2 aliphatic rings. The summed E-state index contributed by atoms with van der Waals surface area (Å²) in [5.41, 5.74) is 6.12. The lowest BCUT2D eigenvalue weighted by molar-refractivity contribution is -0.125. The zero-order chi connectivity index (χ0) is 20.5. The number of anilines is 1. The molecule has 3 aromatic rings. The summed E-state index contributed by atoms with van der Waals surface area (Å²) in [6.45, 7) is 3.17. The standard InChI is InChI=1S/C25H26N4O/c1-29(16-20-9-8-19-7-6-18-3-2-4-22(20)24(18)19)23(30)10-5-17-13-21-15-26-11-12-27-25(21)28-14-17/h2-5,8-10,13-14,26H,6-7,11-12,15-16H2,1H3,(H,27,28). The van der Waals surface area contributed by atoms with Crippen molar-refractivity contribution < 1.29 is 4.79 Å². The molecule has 5 rings (SSSR count). The van der Waals surface area contributed by atoms with Gasteiger partial charge in [-0.3, -0.25) is 4.79 Å². The normalized spacial score (nSPS) is 15.1. The second-order valence-corrected chi connectivity index (χ2v) is 8.13. The molecule has 152 valence electrons. The lowest BCUT2D eigenvalue weighted by atomic mass is 9.99. The zero-order valence-corrected chi connectivity index (χ0v) is 17.2. The third-order valence-corrected chi connectivity index (χ3v) is 6.07. The molecule has 1 aliphatic carbocycles. The first-order valence-corrected chi connectivity index (χ1v) is 10.6. The van der Waals surface area contributed by atoms with Gasteiger partial charge in [0.2, 0.25) is 5.91 Å². The maximum Gasteiger partial charge on any atom is 0.246 e. The van der Waals surface area contributed by atoms with Crippen molar-refractivity contribution in [3.8, 4) is 0 Å². The Bertz CT molecular complexity index is 1140. The van der Waals surface area contributed by atoms with Crippen molar-refractivity contribution in [3.63, 3.8) is 0 Å². The number of carbonyl (C=O) groups excluding carboxylic acids is 1. The summed E-state index contributed by atoms with van der Waals surface area (Å²) in [4.78, 5) is 19.0. The molecule has 0 spiro atoms. The fourth-order valence-corrected chi connectivity index (χ4v) is 4.48. The first-order valence-electron chi connectivity index (χ1n) is 10.6. The Morgan fingerprint density at radius 3 is 2.90 bits per heavy atom. The van der Waals surface area contributed by atoms with Crippen molar-refractivity contribution in [1.82, 2.24) is 15.2 Å². The number of aromatic nitrogens is 1. The summed E-state index contributed by atoms with van der Waals surface area (Å²) in [6, 6.07) is 13.0. The van der Waals surface area contributed by atoms with Gasteiger partial charge in [-0.05, 0) is 58.0 Å². The van der Waals surface area contributed by atoms with Gasteiger partial charge in [0.25, 0.3) is 0 Å². The number of likely N-dealkylation sites (N-methyl/N-ethyl adjacent to an activating group) is 1. The zero-order valence-electron chi connectivity index (χ0n) is 17.2. The molecule has 1 aliphatic heterocycles. The van der Waals surface area contributed by atoms with E-state index in [2.05, 4.69) is 52.0 Å². The molecule has 1 aromatic heterocycles. The maximum absolute atomic E-state index is 12.7. The molecule has 2 aromatic carbocycles. The lowest BCUT2D eigenvalue weighted by Crippen LogP contribution is -2.24. The number of nitrogens with zero attached hydrogens (tertiary/aromatic N) is 2. The highest BCUT2D eigenvalue weighted by atomic mass is 16.2. The smallest absolute Gasteiger partial charge is 0.246 e. The van der Waals surface area contributed by atoms with Crippen LogP contribution in [0.25, 0.3) is 16.8 Å². The molecule has 2 heterocycles. The Kier molecular flexibility index (Phi) is 4.97. The molecule has 0 atom stereocenters. The first-order chi connectivity index (χ1) is 14.7. The summed E-state index contributed by atoms with van der Waals surface area (Å²) in [7, 11) is 1.86. The Labute approximate surface area is 176 Å². The number of hydrogen-bond donors (Lipinski definition) is 2. The third kappa shape index (κ3) is 3.57. The van der Waals surface area contributed by atoms with E-state index in [1.807, 2.05) is 19.3 Å². The van der Waals surface area contributed by atoms with Crippen molar-refractivity contribution in [2.24, 2.45) is 0 Å². The number of fused-ring (bicyclic) bond motifs is 1. The van der Waals surface area contributed by atoms with Gasteiger partial charge < -0.3 is 15.5 Å². The quantitative estimate of drug-likeness (QED) is 0.661. The number of nitrogens with one attached hydrogen (secondary N) is 2. The minimum absolute atomic E-state index is 0.00977. The summed E-state index contributed by atoms with van der Waals surface area (Å²) in [5.74, 6) is 0.914. The number of carbonyl (C=O) groups is 1. The maximum atomic E-state index is 12.7. The molecule has 0 fully saturated rings. The molecule has 0 bridgehead atoms. The van der Waals surface area contributed by atoms with E-state index in [-0.39, 0.29) is 5.91 Å². The number of amides is 1. The van der Waals surface area contributed by atoms with E-state index < -0.39 is 0 Å². The molecule has 5 heteroatoms. The minimum Gasteiger partial charge on any atom is -0.369 e. The third-order valence-electron chi connectivity index (χ3n) is 6.07. The highest BCUT2D eigenvalue weighted by Gasteiger charge is 2.17. The first kappa shape index (κ1) is 18.8. The highest BCUT2D eigenvalue weighted by Crippen LogP contribution is 2.33. The summed E-state index contributed by atoms with van der Waals surface area (Å²) in [5, 5.41) is 9.35. The highest BCUT2D eigenvalue weighted by molar-refractivity contribution is 5.94. The van der Waals surface area contributed by atoms with E-state index in [9.17, 15) is 4.79 Å². The summed E-state index contributed by atoms with van der Waals surface area (Å²) in [6.07, 6.45) is 7.54. The number of aryl methyl sites for hydroxylation is 2. The van der Waals surface area contributed by atoms with Crippen LogP contribution in [0.3, 0.4) is 0 Å². The second kappa shape index (κ2) is 7.92. The van der Waals surface area contributed by atoms with Crippen molar-refractivity contribution in [2.75, 3.05) is 25.5 Å². The van der Waals surface area contributed by atoms with Crippen LogP contribution in [0.2, 0.25) is 0 Å². The van der Waals surface area contributed by atoms with Crippen LogP contribution < -0.4 is 10.6 Å². The number of benzene rings is 2. The summed E-state index contributed by atoms with van der Waals surface area (Å²) >= 11 is 0. The number of rotatable bonds is 4. The predicted molar refractivity (Wildman–Crippen MR) is 121 cm³/mol. The van der Waals surface area contributed by atoms with E-state index in [0.717, 1.165) is 49.4 Å². The van der Waals surface area contributed by atoms with Crippen LogP contribution in [0.5, 0.6) is 0 Å². The topological polar surface area (TPSA) is 57.3 Å². The van der Waals surface area contributed by atoms with Gasteiger partial charge in [-0.2, -0.15) is 0 Å². The van der Waals surface area contributed by atoms with Crippen LogP contribution in [-0.4, -0.2) is 35.9 Å². The van der Waals surface area contributed by atoms with Crippen molar-refractivity contribution in [2.45, 2.75) is 25.9 Å². The SMILES string of the molecule is CN(Cc1ccc2c3c(cccc13)CC2)C(=O)C=Cc1cnc2c(c1)CNCCN2. The molecule has 5 nitrogen and oxygen atoms in total. The van der Waals surface area contributed by atoms with Crippen LogP contribution in [0, 0.1) is 0 Å². The molecule has 0 saturated carbocycles. The van der Waals surface area contributed by atoms with Gasteiger partial charge in [0.15, 0.2) is 0 Å². The minimum atomic E-state index is -0.00977.